The third-order valence-corrected chi connectivity index (χ3v) is 1.85. The van der Waals surface area contributed by atoms with Gasteiger partial charge in [0.05, 0.1) is 0 Å². The molecule has 1 fully saturated rings. The molecule has 0 aromatic carbocycles. The second-order valence-corrected chi connectivity index (χ2v) is 2.88. The average molecular weight is 157 g/mol. The molecule has 1 aliphatic carbocycles. The molecule has 1 saturated carbocycles. The standard InChI is InChI=1S/C8H15NO2/c1-2-6-9-8(10)11-7-4-3-5-7/h7H,2-6H2,1H3,(H,9,10). The molecule has 64 valence electrons. The van der Waals surface area contributed by atoms with E-state index in [-0.39, 0.29) is 12.2 Å². The Morgan fingerprint density at radius 2 is 2.36 bits per heavy atom. The van der Waals surface area contributed by atoms with Gasteiger partial charge in [-0.3, -0.25) is 0 Å². The first kappa shape index (κ1) is 8.37. The summed E-state index contributed by atoms with van der Waals surface area (Å²) < 4.78 is 5.04. The van der Waals surface area contributed by atoms with Crippen LogP contribution in [0.15, 0.2) is 0 Å². The number of rotatable bonds is 3. The van der Waals surface area contributed by atoms with Crippen molar-refractivity contribution in [3.63, 3.8) is 0 Å². The molecule has 11 heavy (non-hydrogen) atoms. The first-order valence-corrected chi connectivity index (χ1v) is 4.27. The maximum Gasteiger partial charge on any atom is 0.407 e. The van der Waals surface area contributed by atoms with Crippen molar-refractivity contribution in [2.45, 2.75) is 38.7 Å². The van der Waals surface area contributed by atoms with E-state index in [0.717, 1.165) is 19.3 Å². The lowest BCUT2D eigenvalue weighted by Gasteiger charge is -2.24. The zero-order chi connectivity index (χ0) is 8.10. The molecule has 0 aromatic rings. The van der Waals surface area contributed by atoms with Gasteiger partial charge in [-0.15, -0.1) is 0 Å². The van der Waals surface area contributed by atoms with Crippen LogP contribution in [0.1, 0.15) is 32.6 Å². The molecule has 0 spiro atoms. The highest BCUT2D eigenvalue weighted by Gasteiger charge is 2.20. The summed E-state index contributed by atoms with van der Waals surface area (Å²) in [6.45, 7) is 2.73. The third-order valence-electron chi connectivity index (χ3n) is 1.85. The second-order valence-electron chi connectivity index (χ2n) is 2.88. The van der Waals surface area contributed by atoms with E-state index in [4.69, 9.17) is 4.74 Å². The maximum absolute atomic E-state index is 10.9. The van der Waals surface area contributed by atoms with E-state index in [9.17, 15) is 4.79 Å². The molecular weight excluding hydrogens is 142 g/mol. The van der Waals surface area contributed by atoms with Gasteiger partial charge in [0, 0.05) is 6.54 Å². The molecule has 3 nitrogen and oxygen atoms in total. The molecule has 0 radical (unpaired) electrons. The van der Waals surface area contributed by atoms with Crippen molar-refractivity contribution >= 4 is 6.09 Å². The predicted octanol–water partition coefficient (Wildman–Crippen LogP) is 1.68. The summed E-state index contributed by atoms with van der Waals surface area (Å²) in [6.07, 6.45) is 4.19. The van der Waals surface area contributed by atoms with Gasteiger partial charge in [-0.1, -0.05) is 6.92 Å². The van der Waals surface area contributed by atoms with Crippen molar-refractivity contribution in [3.05, 3.63) is 0 Å². The number of hydrogen-bond acceptors (Lipinski definition) is 2. The van der Waals surface area contributed by atoms with Crippen LogP contribution in [0.4, 0.5) is 4.79 Å². The maximum atomic E-state index is 10.9. The lowest BCUT2D eigenvalue weighted by atomic mass is 9.96. The van der Waals surface area contributed by atoms with Gasteiger partial charge in [0.1, 0.15) is 6.10 Å². The Balaban J connectivity index is 2.00. The molecule has 3 heteroatoms. The topological polar surface area (TPSA) is 38.3 Å². The van der Waals surface area contributed by atoms with Crippen LogP contribution >= 0.6 is 0 Å². The van der Waals surface area contributed by atoms with Crippen molar-refractivity contribution in [1.82, 2.24) is 5.32 Å². The van der Waals surface area contributed by atoms with E-state index in [1.165, 1.54) is 6.42 Å². The van der Waals surface area contributed by atoms with Crippen molar-refractivity contribution in [3.8, 4) is 0 Å². The minimum atomic E-state index is -0.253. The summed E-state index contributed by atoms with van der Waals surface area (Å²) in [5.74, 6) is 0. The Hall–Kier alpha value is -0.730. The van der Waals surface area contributed by atoms with E-state index in [1.807, 2.05) is 6.92 Å². The highest BCUT2D eigenvalue weighted by molar-refractivity contribution is 5.67. The van der Waals surface area contributed by atoms with Gasteiger partial charge < -0.3 is 10.1 Å². The number of alkyl carbamates (subject to hydrolysis) is 1. The van der Waals surface area contributed by atoms with Crippen LogP contribution in [0.2, 0.25) is 0 Å². The Morgan fingerprint density at radius 1 is 1.64 bits per heavy atom. The van der Waals surface area contributed by atoms with Crippen LogP contribution in [0.5, 0.6) is 0 Å². The van der Waals surface area contributed by atoms with Gasteiger partial charge in [0.2, 0.25) is 0 Å². The molecule has 0 bridgehead atoms. The lowest BCUT2D eigenvalue weighted by molar-refractivity contribution is 0.0526. The van der Waals surface area contributed by atoms with Gasteiger partial charge in [0.25, 0.3) is 0 Å². The Kier molecular flexibility index (Phi) is 3.20. The number of ether oxygens (including phenoxy) is 1. The first-order valence-electron chi connectivity index (χ1n) is 4.27. The Morgan fingerprint density at radius 3 is 2.82 bits per heavy atom. The molecule has 0 aromatic heterocycles. The highest BCUT2D eigenvalue weighted by atomic mass is 16.6. The quantitative estimate of drug-likeness (QED) is 0.676. The van der Waals surface area contributed by atoms with Crippen molar-refractivity contribution < 1.29 is 9.53 Å². The highest BCUT2D eigenvalue weighted by Crippen LogP contribution is 2.21. The first-order chi connectivity index (χ1) is 5.33. The molecule has 0 saturated heterocycles. The summed E-state index contributed by atoms with van der Waals surface area (Å²) in [5, 5.41) is 2.67. The van der Waals surface area contributed by atoms with Gasteiger partial charge in [-0.05, 0) is 25.7 Å². The zero-order valence-electron chi connectivity index (χ0n) is 6.93. The van der Waals surface area contributed by atoms with Crippen LogP contribution in [-0.4, -0.2) is 18.7 Å². The average Bonchev–Trinajstić information content (AvgIpc) is 1.93. The fourth-order valence-electron chi connectivity index (χ4n) is 0.909. The zero-order valence-corrected chi connectivity index (χ0v) is 6.93. The number of carbonyl (C=O) groups excluding carboxylic acids is 1. The molecule has 0 unspecified atom stereocenters. The predicted molar refractivity (Wildman–Crippen MR) is 42.4 cm³/mol. The van der Waals surface area contributed by atoms with Crippen molar-refractivity contribution in [2.75, 3.05) is 6.54 Å². The monoisotopic (exact) mass is 157 g/mol. The van der Waals surface area contributed by atoms with Crippen molar-refractivity contribution in [1.29, 1.82) is 0 Å². The van der Waals surface area contributed by atoms with Gasteiger partial charge >= 0.3 is 6.09 Å². The number of nitrogens with one attached hydrogen (secondary N) is 1. The molecule has 1 N–H and O–H groups in total. The molecule has 0 atom stereocenters. The van der Waals surface area contributed by atoms with Crippen LogP contribution in [0.3, 0.4) is 0 Å². The minimum Gasteiger partial charge on any atom is -0.446 e. The van der Waals surface area contributed by atoms with E-state index >= 15 is 0 Å². The summed E-state index contributed by atoms with van der Waals surface area (Å²) in [5.41, 5.74) is 0. The van der Waals surface area contributed by atoms with E-state index < -0.39 is 0 Å². The van der Waals surface area contributed by atoms with Gasteiger partial charge in [-0.25, -0.2) is 4.79 Å². The molecule has 1 aliphatic rings. The molecule has 1 rings (SSSR count). The third kappa shape index (κ3) is 2.78. The molecule has 0 heterocycles. The fourth-order valence-corrected chi connectivity index (χ4v) is 0.909. The van der Waals surface area contributed by atoms with Crippen LogP contribution in [-0.2, 0) is 4.74 Å². The van der Waals surface area contributed by atoms with Crippen LogP contribution in [0.25, 0.3) is 0 Å². The normalized spacial score (nSPS) is 17.2. The second kappa shape index (κ2) is 4.21. The summed E-state index contributed by atoms with van der Waals surface area (Å²) >= 11 is 0. The minimum absolute atomic E-state index is 0.201. The largest absolute Gasteiger partial charge is 0.446 e. The van der Waals surface area contributed by atoms with E-state index in [0.29, 0.717) is 6.54 Å². The number of carbonyl (C=O) groups is 1. The fraction of sp³-hybridized carbons (Fsp3) is 0.875. The summed E-state index contributed by atoms with van der Waals surface area (Å²) in [7, 11) is 0. The van der Waals surface area contributed by atoms with E-state index in [2.05, 4.69) is 5.32 Å². The SMILES string of the molecule is CCCNC(=O)OC1CCC1. The summed E-state index contributed by atoms with van der Waals surface area (Å²) in [4.78, 5) is 10.9. The van der Waals surface area contributed by atoms with Gasteiger partial charge in [-0.2, -0.15) is 0 Å². The molecule has 1 amide bonds. The molecular formula is C8H15NO2. The Bertz CT molecular complexity index is 132. The van der Waals surface area contributed by atoms with Crippen LogP contribution < -0.4 is 5.32 Å². The number of hydrogen-bond donors (Lipinski definition) is 1. The number of amides is 1. The van der Waals surface area contributed by atoms with Crippen LogP contribution in [0, 0.1) is 0 Å². The van der Waals surface area contributed by atoms with E-state index in [1.54, 1.807) is 0 Å². The molecule has 0 aliphatic heterocycles. The Labute approximate surface area is 67.1 Å². The smallest absolute Gasteiger partial charge is 0.407 e. The summed E-state index contributed by atoms with van der Waals surface area (Å²) in [6, 6.07) is 0. The van der Waals surface area contributed by atoms with Gasteiger partial charge in [0.15, 0.2) is 0 Å². The lowest BCUT2D eigenvalue weighted by Crippen LogP contribution is -2.32. The van der Waals surface area contributed by atoms with Crippen molar-refractivity contribution in [2.24, 2.45) is 0 Å².